The third-order valence-corrected chi connectivity index (χ3v) is 13.0. The molecule has 8 aromatic carbocycles. The standard InChI is InChI=1S/C48H32N3OP/c1-53(52)44-23-13-12-22-41(44)43-29-33(24-25-45(43)53)35-26-36(42-30-34-18-8-9-19-38(34)39-20-10-11-21-40(39)42)28-37(27-35)48-50-46(31-14-4-2-5-15-31)49-47(51-48)32-16-6-3-7-17-32/h2-30H,1H3. The second-order valence-electron chi connectivity index (χ2n) is 13.7. The van der Waals surface area contributed by atoms with Gasteiger partial charge in [0.05, 0.1) is 0 Å². The van der Waals surface area contributed by atoms with Gasteiger partial charge in [-0.05, 0) is 98.0 Å². The van der Waals surface area contributed by atoms with E-state index in [4.69, 9.17) is 15.0 Å². The van der Waals surface area contributed by atoms with Gasteiger partial charge in [-0.15, -0.1) is 0 Å². The summed E-state index contributed by atoms with van der Waals surface area (Å²) < 4.78 is 14.1. The maximum Gasteiger partial charge on any atom is 0.164 e. The number of hydrogen-bond acceptors (Lipinski definition) is 4. The van der Waals surface area contributed by atoms with Crippen LogP contribution in [0.1, 0.15) is 0 Å². The van der Waals surface area contributed by atoms with Crippen LogP contribution < -0.4 is 10.6 Å². The number of hydrogen-bond donors (Lipinski definition) is 0. The summed E-state index contributed by atoms with van der Waals surface area (Å²) in [5.41, 5.74) is 9.06. The van der Waals surface area contributed by atoms with Crippen molar-refractivity contribution in [2.75, 3.05) is 6.66 Å². The molecule has 0 saturated heterocycles. The van der Waals surface area contributed by atoms with Gasteiger partial charge in [-0.3, -0.25) is 0 Å². The minimum atomic E-state index is -2.70. The van der Waals surface area contributed by atoms with Crippen LogP contribution in [0, 0.1) is 0 Å². The predicted molar refractivity (Wildman–Crippen MR) is 220 cm³/mol. The lowest BCUT2D eigenvalue weighted by Crippen LogP contribution is -2.07. The quantitative estimate of drug-likeness (QED) is 0.133. The Morgan fingerprint density at radius 1 is 0.358 bits per heavy atom. The van der Waals surface area contributed by atoms with Crippen LogP contribution in [0.15, 0.2) is 176 Å². The lowest BCUT2D eigenvalue weighted by Gasteiger charge is -2.15. The molecule has 1 atom stereocenters. The molecule has 0 bridgehead atoms. The largest absolute Gasteiger partial charge is 0.314 e. The number of rotatable bonds is 5. The predicted octanol–water partition coefficient (Wildman–Crippen LogP) is 11.4. The van der Waals surface area contributed by atoms with Crippen LogP contribution in [0.25, 0.3) is 89.1 Å². The van der Waals surface area contributed by atoms with Crippen LogP contribution >= 0.6 is 7.14 Å². The molecule has 0 amide bonds. The van der Waals surface area contributed by atoms with Crippen molar-refractivity contribution in [2.24, 2.45) is 0 Å². The van der Waals surface area contributed by atoms with Crippen LogP contribution in [-0.2, 0) is 4.57 Å². The molecule has 4 nitrogen and oxygen atoms in total. The van der Waals surface area contributed by atoms with Gasteiger partial charge in [-0.2, -0.15) is 0 Å². The molecule has 10 rings (SSSR count). The molecule has 0 fully saturated rings. The molecule has 1 aliphatic rings. The highest BCUT2D eigenvalue weighted by Gasteiger charge is 2.34. The molecule has 2 heterocycles. The van der Waals surface area contributed by atoms with E-state index < -0.39 is 7.14 Å². The van der Waals surface area contributed by atoms with E-state index in [-0.39, 0.29) is 0 Å². The number of aromatic nitrogens is 3. The first kappa shape index (κ1) is 31.3. The van der Waals surface area contributed by atoms with Gasteiger partial charge in [0.2, 0.25) is 0 Å². The lowest BCUT2D eigenvalue weighted by atomic mass is 9.90. The van der Waals surface area contributed by atoms with Crippen molar-refractivity contribution < 1.29 is 4.57 Å². The van der Waals surface area contributed by atoms with E-state index in [1.165, 1.54) is 21.5 Å². The lowest BCUT2D eigenvalue weighted by molar-refractivity contribution is 0.591. The average molecular weight is 698 g/mol. The summed E-state index contributed by atoms with van der Waals surface area (Å²) in [5, 5.41) is 6.63. The van der Waals surface area contributed by atoms with Gasteiger partial charge in [0.15, 0.2) is 17.5 Å². The van der Waals surface area contributed by atoms with Crippen molar-refractivity contribution in [3.05, 3.63) is 176 Å². The first-order valence-electron chi connectivity index (χ1n) is 17.8. The summed E-state index contributed by atoms with van der Waals surface area (Å²) in [6.45, 7) is 1.89. The Labute approximate surface area is 307 Å². The Bertz CT molecular complexity index is 2880. The van der Waals surface area contributed by atoms with E-state index >= 15 is 0 Å². The van der Waals surface area contributed by atoms with Crippen molar-refractivity contribution in [2.45, 2.75) is 0 Å². The molecule has 250 valence electrons. The molecule has 1 aliphatic heterocycles. The minimum Gasteiger partial charge on any atom is -0.314 e. The molecule has 0 N–H and O–H groups in total. The molecule has 0 spiro atoms. The van der Waals surface area contributed by atoms with Crippen LogP contribution in [-0.4, -0.2) is 21.6 Å². The summed E-state index contributed by atoms with van der Waals surface area (Å²) >= 11 is 0. The number of nitrogens with zero attached hydrogens (tertiary/aromatic N) is 3. The third kappa shape index (κ3) is 5.30. The van der Waals surface area contributed by atoms with E-state index in [1.807, 2.05) is 85.5 Å². The molecule has 9 aromatic rings. The van der Waals surface area contributed by atoms with Crippen LogP contribution in [0.2, 0.25) is 0 Å². The highest BCUT2D eigenvalue weighted by atomic mass is 31.2. The smallest absolute Gasteiger partial charge is 0.164 e. The summed E-state index contributed by atoms with van der Waals surface area (Å²) in [6, 6.07) is 60.8. The Kier molecular flexibility index (Phi) is 7.28. The fourth-order valence-corrected chi connectivity index (χ4v) is 10.1. The maximum absolute atomic E-state index is 14.1. The van der Waals surface area contributed by atoms with Crippen molar-refractivity contribution in [3.8, 4) is 67.5 Å². The van der Waals surface area contributed by atoms with Crippen LogP contribution in [0.3, 0.4) is 0 Å². The Balaban J connectivity index is 1.25. The van der Waals surface area contributed by atoms with E-state index in [0.717, 1.165) is 60.7 Å². The number of fused-ring (bicyclic) bond motifs is 6. The molecule has 53 heavy (non-hydrogen) atoms. The minimum absolute atomic E-state index is 0.593. The molecule has 0 aliphatic carbocycles. The Morgan fingerprint density at radius 2 is 0.887 bits per heavy atom. The molecular weight excluding hydrogens is 666 g/mol. The second-order valence-corrected chi connectivity index (χ2v) is 16.5. The van der Waals surface area contributed by atoms with Gasteiger partial charge in [-0.25, -0.2) is 15.0 Å². The zero-order chi connectivity index (χ0) is 35.5. The van der Waals surface area contributed by atoms with Crippen molar-refractivity contribution in [3.63, 3.8) is 0 Å². The third-order valence-electron chi connectivity index (χ3n) is 10.4. The normalized spacial score (nSPS) is 14.7. The zero-order valence-corrected chi connectivity index (χ0v) is 29.8. The van der Waals surface area contributed by atoms with E-state index in [0.29, 0.717) is 17.5 Å². The summed E-state index contributed by atoms with van der Waals surface area (Å²) in [7, 11) is -2.70. The maximum atomic E-state index is 14.1. The summed E-state index contributed by atoms with van der Waals surface area (Å²) in [4.78, 5) is 15.2. The molecule has 1 unspecified atom stereocenters. The Morgan fingerprint density at radius 3 is 1.60 bits per heavy atom. The molecular formula is C48H32N3OP. The average Bonchev–Trinajstić information content (AvgIpc) is 3.46. The number of benzene rings is 8. The SMILES string of the molecule is CP1(=O)c2ccccc2-c2cc(-c3cc(-c4nc(-c5ccccc5)nc(-c5ccccc5)n4)cc(-c4cc5ccccc5c5ccccc45)c3)ccc21. The first-order valence-corrected chi connectivity index (χ1v) is 19.9. The molecule has 0 saturated carbocycles. The van der Waals surface area contributed by atoms with Gasteiger partial charge in [0.25, 0.3) is 0 Å². The van der Waals surface area contributed by atoms with Gasteiger partial charge in [0, 0.05) is 27.3 Å². The van der Waals surface area contributed by atoms with Crippen LogP contribution in [0.4, 0.5) is 0 Å². The highest BCUT2D eigenvalue weighted by molar-refractivity contribution is 7.79. The van der Waals surface area contributed by atoms with Crippen molar-refractivity contribution in [1.29, 1.82) is 0 Å². The van der Waals surface area contributed by atoms with Gasteiger partial charge in [0.1, 0.15) is 7.14 Å². The summed E-state index contributed by atoms with van der Waals surface area (Å²) in [5.74, 6) is 1.83. The molecule has 1 aromatic heterocycles. The second kappa shape index (κ2) is 12.3. The molecule has 0 radical (unpaired) electrons. The van der Waals surface area contributed by atoms with E-state index in [9.17, 15) is 4.57 Å². The Hall–Kier alpha value is -6.48. The zero-order valence-electron chi connectivity index (χ0n) is 28.9. The fourth-order valence-electron chi connectivity index (χ4n) is 7.82. The van der Waals surface area contributed by atoms with Gasteiger partial charge < -0.3 is 4.57 Å². The van der Waals surface area contributed by atoms with E-state index in [2.05, 4.69) is 97.1 Å². The monoisotopic (exact) mass is 697 g/mol. The molecule has 5 heteroatoms. The van der Waals surface area contributed by atoms with Crippen LogP contribution in [0.5, 0.6) is 0 Å². The van der Waals surface area contributed by atoms with Crippen molar-refractivity contribution >= 4 is 39.3 Å². The van der Waals surface area contributed by atoms with Gasteiger partial charge in [-0.1, -0.05) is 140 Å². The van der Waals surface area contributed by atoms with E-state index in [1.54, 1.807) is 0 Å². The topological polar surface area (TPSA) is 55.7 Å². The fraction of sp³-hybridized carbons (Fsp3) is 0.0208. The summed E-state index contributed by atoms with van der Waals surface area (Å²) in [6.07, 6.45) is 0. The van der Waals surface area contributed by atoms with Gasteiger partial charge >= 0.3 is 0 Å². The van der Waals surface area contributed by atoms with Crippen molar-refractivity contribution in [1.82, 2.24) is 15.0 Å². The highest BCUT2D eigenvalue weighted by Crippen LogP contribution is 2.50. The first-order chi connectivity index (χ1) is 26.0.